The highest BCUT2D eigenvalue weighted by atomic mass is 13.8. The van der Waals surface area contributed by atoms with E-state index in [2.05, 4.69) is 49.6 Å². The van der Waals surface area contributed by atoms with Crippen LogP contribution in [0.4, 0.5) is 0 Å². The Balaban J connectivity index is 3.35. The molecule has 16 heavy (non-hydrogen) atoms. The SMILES string of the molecule is C=CCC/C=C/C=C/C/C=C/CCCC=C. The zero-order valence-electron chi connectivity index (χ0n) is 10.3. The van der Waals surface area contributed by atoms with Crippen LogP contribution in [0.3, 0.4) is 0 Å². The summed E-state index contributed by atoms with van der Waals surface area (Å²) in [5, 5.41) is 0. The first kappa shape index (κ1) is 14.7. The van der Waals surface area contributed by atoms with Crippen LogP contribution in [0.5, 0.6) is 0 Å². The molecular formula is C16H24. The molecule has 0 fully saturated rings. The van der Waals surface area contributed by atoms with Gasteiger partial charge in [-0.05, 0) is 38.5 Å². The molecule has 0 saturated carbocycles. The van der Waals surface area contributed by atoms with Crippen molar-refractivity contribution < 1.29 is 0 Å². The van der Waals surface area contributed by atoms with Gasteiger partial charge in [0.15, 0.2) is 0 Å². The first-order chi connectivity index (χ1) is 7.91. The van der Waals surface area contributed by atoms with E-state index in [9.17, 15) is 0 Å². The minimum absolute atomic E-state index is 1.03. The van der Waals surface area contributed by atoms with E-state index in [1.54, 1.807) is 0 Å². The van der Waals surface area contributed by atoms with Crippen LogP contribution in [0.15, 0.2) is 61.8 Å². The van der Waals surface area contributed by atoms with Crippen LogP contribution < -0.4 is 0 Å². The molecule has 0 rings (SSSR count). The first-order valence-electron chi connectivity index (χ1n) is 6.10. The Morgan fingerprint density at radius 2 is 1.38 bits per heavy atom. The first-order valence-corrected chi connectivity index (χ1v) is 6.10. The van der Waals surface area contributed by atoms with Crippen molar-refractivity contribution in [3.8, 4) is 0 Å². The van der Waals surface area contributed by atoms with E-state index in [1.807, 2.05) is 12.2 Å². The van der Waals surface area contributed by atoms with Gasteiger partial charge in [-0.3, -0.25) is 0 Å². The molecule has 88 valence electrons. The maximum absolute atomic E-state index is 3.70. The van der Waals surface area contributed by atoms with Crippen LogP contribution in [0, 0.1) is 0 Å². The lowest BCUT2D eigenvalue weighted by Crippen LogP contribution is -1.67. The van der Waals surface area contributed by atoms with E-state index >= 15 is 0 Å². The molecule has 0 aliphatic carbocycles. The zero-order chi connectivity index (χ0) is 11.9. The maximum atomic E-state index is 3.70. The van der Waals surface area contributed by atoms with E-state index in [0.29, 0.717) is 0 Å². The van der Waals surface area contributed by atoms with Crippen LogP contribution in [-0.2, 0) is 0 Å². The average molecular weight is 216 g/mol. The van der Waals surface area contributed by atoms with Crippen molar-refractivity contribution >= 4 is 0 Å². The van der Waals surface area contributed by atoms with E-state index in [1.165, 1.54) is 6.42 Å². The molecule has 0 radical (unpaired) electrons. The number of unbranched alkanes of at least 4 members (excludes halogenated alkanes) is 3. The van der Waals surface area contributed by atoms with Gasteiger partial charge >= 0.3 is 0 Å². The van der Waals surface area contributed by atoms with Crippen molar-refractivity contribution in [2.45, 2.75) is 38.5 Å². The zero-order valence-corrected chi connectivity index (χ0v) is 10.3. The molecule has 0 saturated heterocycles. The largest absolute Gasteiger partial charge is 0.103 e. The fourth-order valence-electron chi connectivity index (χ4n) is 1.22. The van der Waals surface area contributed by atoms with Gasteiger partial charge in [-0.25, -0.2) is 0 Å². The fraction of sp³-hybridized carbons (Fsp3) is 0.375. The molecule has 0 spiro atoms. The second kappa shape index (κ2) is 13.7. The van der Waals surface area contributed by atoms with E-state index in [4.69, 9.17) is 0 Å². The minimum Gasteiger partial charge on any atom is -0.103 e. The molecule has 0 aromatic heterocycles. The Labute approximate surface area is 101 Å². The fourth-order valence-corrected chi connectivity index (χ4v) is 1.22. The third kappa shape index (κ3) is 12.7. The predicted octanol–water partition coefficient (Wildman–Crippen LogP) is 5.37. The summed E-state index contributed by atoms with van der Waals surface area (Å²) >= 11 is 0. The summed E-state index contributed by atoms with van der Waals surface area (Å²) in [6, 6.07) is 0. The molecule has 0 N–H and O–H groups in total. The molecule has 0 unspecified atom stereocenters. The molecule has 0 nitrogen and oxygen atoms in total. The van der Waals surface area contributed by atoms with Gasteiger partial charge in [0.05, 0.1) is 0 Å². The second-order valence-corrected chi connectivity index (χ2v) is 3.65. The second-order valence-electron chi connectivity index (χ2n) is 3.65. The molecule has 0 heterocycles. The quantitative estimate of drug-likeness (QED) is 0.262. The van der Waals surface area contributed by atoms with Crippen LogP contribution in [0.25, 0.3) is 0 Å². The van der Waals surface area contributed by atoms with Gasteiger partial charge < -0.3 is 0 Å². The van der Waals surface area contributed by atoms with Crippen molar-refractivity contribution in [3.05, 3.63) is 61.8 Å². The molecule has 0 heteroatoms. The van der Waals surface area contributed by atoms with Gasteiger partial charge in [-0.15, -0.1) is 13.2 Å². The van der Waals surface area contributed by atoms with E-state index in [-0.39, 0.29) is 0 Å². The summed E-state index contributed by atoms with van der Waals surface area (Å²) in [7, 11) is 0. The van der Waals surface area contributed by atoms with Crippen molar-refractivity contribution in [1.29, 1.82) is 0 Å². The summed E-state index contributed by atoms with van der Waals surface area (Å²) in [4.78, 5) is 0. The summed E-state index contributed by atoms with van der Waals surface area (Å²) < 4.78 is 0. The molecule has 0 bridgehead atoms. The standard InChI is InChI=1S/C16H24/c1-3-5-7-9-11-13-15-16-14-12-10-8-6-4-2/h3-4,9,11-15H,1-2,5-8,10,16H2/b11-9+,14-12+,15-13+. The Kier molecular flexibility index (Phi) is 12.6. The van der Waals surface area contributed by atoms with Gasteiger partial charge in [0, 0.05) is 0 Å². The summed E-state index contributed by atoms with van der Waals surface area (Å²) in [5.41, 5.74) is 0. The maximum Gasteiger partial charge on any atom is -0.0166 e. The van der Waals surface area contributed by atoms with Crippen molar-refractivity contribution in [2.75, 3.05) is 0 Å². The predicted molar refractivity (Wildman–Crippen MR) is 75.5 cm³/mol. The average Bonchev–Trinajstić information content (AvgIpc) is 2.31. The van der Waals surface area contributed by atoms with Crippen LogP contribution in [0.2, 0.25) is 0 Å². The summed E-state index contributed by atoms with van der Waals surface area (Å²) in [5.74, 6) is 0. The number of hydrogen-bond donors (Lipinski definition) is 0. The van der Waals surface area contributed by atoms with Gasteiger partial charge in [-0.2, -0.15) is 0 Å². The minimum atomic E-state index is 1.03. The molecule has 0 aliphatic heterocycles. The number of rotatable bonds is 10. The topological polar surface area (TPSA) is 0 Å². The van der Waals surface area contributed by atoms with Gasteiger partial charge in [0.1, 0.15) is 0 Å². The Morgan fingerprint density at radius 1 is 0.625 bits per heavy atom. The summed E-state index contributed by atoms with van der Waals surface area (Å²) in [6.45, 7) is 7.38. The van der Waals surface area contributed by atoms with Crippen LogP contribution in [-0.4, -0.2) is 0 Å². The van der Waals surface area contributed by atoms with Gasteiger partial charge in [0.25, 0.3) is 0 Å². The normalized spacial score (nSPS) is 11.8. The lowest BCUT2D eigenvalue weighted by molar-refractivity contribution is 0.867. The number of allylic oxidation sites excluding steroid dienone is 8. The highest BCUT2D eigenvalue weighted by Gasteiger charge is 1.78. The van der Waals surface area contributed by atoms with Gasteiger partial charge in [-0.1, -0.05) is 48.6 Å². The van der Waals surface area contributed by atoms with E-state index in [0.717, 1.165) is 32.1 Å². The monoisotopic (exact) mass is 216 g/mol. The van der Waals surface area contributed by atoms with Crippen molar-refractivity contribution in [2.24, 2.45) is 0 Å². The molecule has 0 amide bonds. The smallest absolute Gasteiger partial charge is 0.0166 e. The Bertz CT molecular complexity index is 241. The molecule has 0 aromatic rings. The molecule has 0 atom stereocenters. The van der Waals surface area contributed by atoms with Crippen LogP contribution in [0.1, 0.15) is 38.5 Å². The highest BCUT2D eigenvalue weighted by Crippen LogP contribution is 1.98. The van der Waals surface area contributed by atoms with Gasteiger partial charge in [0.2, 0.25) is 0 Å². The third-order valence-electron chi connectivity index (χ3n) is 2.14. The summed E-state index contributed by atoms with van der Waals surface area (Å²) in [6.07, 6.45) is 23.6. The number of hydrogen-bond acceptors (Lipinski definition) is 0. The van der Waals surface area contributed by atoms with E-state index < -0.39 is 0 Å². The van der Waals surface area contributed by atoms with Crippen LogP contribution >= 0.6 is 0 Å². The Morgan fingerprint density at radius 3 is 2.12 bits per heavy atom. The van der Waals surface area contributed by atoms with Crippen molar-refractivity contribution in [3.63, 3.8) is 0 Å². The lowest BCUT2D eigenvalue weighted by Gasteiger charge is -1.88. The Hall–Kier alpha value is -1.30. The van der Waals surface area contributed by atoms with Crippen molar-refractivity contribution in [1.82, 2.24) is 0 Å². The third-order valence-corrected chi connectivity index (χ3v) is 2.14. The molecule has 0 aromatic carbocycles. The molecular weight excluding hydrogens is 192 g/mol. The highest BCUT2D eigenvalue weighted by molar-refractivity contribution is 5.05. The lowest BCUT2D eigenvalue weighted by atomic mass is 10.2. The molecule has 0 aliphatic rings.